The topological polar surface area (TPSA) is 38.8 Å². The van der Waals surface area contributed by atoms with E-state index < -0.39 is 0 Å². The molecule has 1 amide bonds. The summed E-state index contributed by atoms with van der Waals surface area (Å²) in [4.78, 5) is 13.3. The molecule has 0 aliphatic carbocycles. The second-order valence-corrected chi connectivity index (χ2v) is 3.66. The fourth-order valence-electron chi connectivity index (χ4n) is 1.33. The SMILES string of the molecule is C=CCOc1ccc(C(=O)N(C)C)c(OC)c1. The van der Waals surface area contributed by atoms with Crippen LogP contribution in [0.3, 0.4) is 0 Å². The molecule has 0 aromatic heterocycles. The smallest absolute Gasteiger partial charge is 0.257 e. The van der Waals surface area contributed by atoms with Crippen LogP contribution in [0.4, 0.5) is 0 Å². The summed E-state index contributed by atoms with van der Waals surface area (Å²) in [5.41, 5.74) is 0.517. The van der Waals surface area contributed by atoms with Crippen molar-refractivity contribution in [3.05, 3.63) is 36.4 Å². The van der Waals surface area contributed by atoms with E-state index in [0.29, 0.717) is 23.7 Å². The molecule has 1 rings (SSSR count). The van der Waals surface area contributed by atoms with Gasteiger partial charge in [0.15, 0.2) is 0 Å². The van der Waals surface area contributed by atoms with Gasteiger partial charge in [-0.1, -0.05) is 12.7 Å². The highest BCUT2D eigenvalue weighted by molar-refractivity contribution is 5.96. The van der Waals surface area contributed by atoms with Gasteiger partial charge in [-0.25, -0.2) is 0 Å². The predicted molar refractivity (Wildman–Crippen MR) is 66.7 cm³/mol. The predicted octanol–water partition coefficient (Wildman–Crippen LogP) is 1.96. The third-order valence-corrected chi connectivity index (χ3v) is 2.18. The second kappa shape index (κ2) is 5.94. The summed E-state index contributed by atoms with van der Waals surface area (Å²) < 4.78 is 10.6. The largest absolute Gasteiger partial charge is 0.496 e. The second-order valence-electron chi connectivity index (χ2n) is 3.66. The fraction of sp³-hybridized carbons (Fsp3) is 0.308. The minimum atomic E-state index is -0.0999. The summed E-state index contributed by atoms with van der Waals surface area (Å²) in [5.74, 6) is 1.06. The Morgan fingerprint density at radius 2 is 2.18 bits per heavy atom. The molecular formula is C13H17NO3. The summed E-state index contributed by atoms with van der Waals surface area (Å²) >= 11 is 0. The summed E-state index contributed by atoms with van der Waals surface area (Å²) in [5, 5.41) is 0. The Labute approximate surface area is 101 Å². The number of ether oxygens (including phenoxy) is 2. The summed E-state index contributed by atoms with van der Waals surface area (Å²) in [6.07, 6.45) is 1.66. The van der Waals surface area contributed by atoms with E-state index in [9.17, 15) is 4.79 Å². The van der Waals surface area contributed by atoms with E-state index in [1.54, 1.807) is 38.4 Å². The molecule has 0 spiro atoms. The Hall–Kier alpha value is -1.97. The van der Waals surface area contributed by atoms with Crippen molar-refractivity contribution in [1.82, 2.24) is 4.90 Å². The number of carbonyl (C=O) groups is 1. The number of rotatable bonds is 5. The third-order valence-electron chi connectivity index (χ3n) is 2.18. The normalized spacial score (nSPS) is 9.59. The molecule has 0 bridgehead atoms. The molecule has 0 atom stereocenters. The Balaban J connectivity index is 3.00. The zero-order valence-corrected chi connectivity index (χ0v) is 10.4. The zero-order chi connectivity index (χ0) is 12.8. The molecule has 0 saturated heterocycles. The molecule has 4 heteroatoms. The number of methoxy groups -OCH3 is 1. The van der Waals surface area contributed by atoms with Crippen molar-refractivity contribution in [3.8, 4) is 11.5 Å². The lowest BCUT2D eigenvalue weighted by Crippen LogP contribution is -2.22. The highest BCUT2D eigenvalue weighted by atomic mass is 16.5. The average molecular weight is 235 g/mol. The van der Waals surface area contributed by atoms with Gasteiger partial charge in [0.1, 0.15) is 18.1 Å². The summed E-state index contributed by atoms with van der Waals surface area (Å²) in [6, 6.07) is 5.13. The molecule has 1 aromatic rings. The summed E-state index contributed by atoms with van der Waals surface area (Å²) in [7, 11) is 4.92. The molecule has 0 aliphatic rings. The van der Waals surface area contributed by atoms with Gasteiger partial charge in [0.2, 0.25) is 0 Å². The number of nitrogens with zero attached hydrogens (tertiary/aromatic N) is 1. The summed E-state index contributed by atoms with van der Waals surface area (Å²) in [6.45, 7) is 3.99. The van der Waals surface area contributed by atoms with E-state index >= 15 is 0 Å². The van der Waals surface area contributed by atoms with Crippen LogP contribution in [0.15, 0.2) is 30.9 Å². The van der Waals surface area contributed by atoms with Gasteiger partial charge in [0, 0.05) is 20.2 Å². The minimum Gasteiger partial charge on any atom is -0.496 e. The molecule has 1 aromatic carbocycles. The molecule has 92 valence electrons. The number of hydrogen-bond donors (Lipinski definition) is 0. The van der Waals surface area contributed by atoms with E-state index in [0.717, 1.165) is 0 Å². The Morgan fingerprint density at radius 3 is 2.71 bits per heavy atom. The first-order chi connectivity index (χ1) is 8.10. The van der Waals surface area contributed by atoms with Gasteiger partial charge < -0.3 is 14.4 Å². The lowest BCUT2D eigenvalue weighted by atomic mass is 10.1. The first-order valence-corrected chi connectivity index (χ1v) is 5.23. The Morgan fingerprint density at radius 1 is 1.47 bits per heavy atom. The maximum absolute atomic E-state index is 11.8. The molecule has 0 unspecified atom stereocenters. The van der Waals surface area contributed by atoms with Crippen molar-refractivity contribution in [1.29, 1.82) is 0 Å². The molecule has 0 fully saturated rings. The average Bonchev–Trinajstić information content (AvgIpc) is 2.34. The van der Waals surface area contributed by atoms with Gasteiger partial charge in [-0.05, 0) is 12.1 Å². The maximum Gasteiger partial charge on any atom is 0.257 e. The highest BCUT2D eigenvalue weighted by Gasteiger charge is 2.14. The highest BCUT2D eigenvalue weighted by Crippen LogP contribution is 2.25. The fourth-order valence-corrected chi connectivity index (χ4v) is 1.33. The molecule has 0 saturated carbocycles. The van der Waals surface area contributed by atoms with Gasteiger partial charge in [-0.2, -0.15) is 0 Å². The number of benzene rings is 1. The van der Waals surface area contributed by atoms with Crippen molar-refractivity contribution in [2.75, 3.05) is 27.8 Å². The van der Waals surface area contributed by atoms with Gasteiger partial charge in [-0.15, -0.1) is 0 Å². The monoisotopic (exact) mass is 235 g/mol. The molecule has 0 heterocycles. The van der Waals surface area contributed by atoms with Crippen molar-refractivity contribution in [3.63, 3.8) is 0 Å². The van der Waals surface area contributed by atoms with Crippen molar-refractivity contribution in [2.24, 2.45) is 0 Å². The van der Waals surface area contributed by atoms with Crippen molar-refractivity contribution in [2.45, 2.75) is 0 Å². The minimum absolute atomic E-state index is 0.0999. The van der Waals surface area contributed by atoms with Crippen LogP contribution < -0.4 is 9.47 Å². The van der Waals surface area contributed by atoms with Crippen LogP contribution >= 0.6 is 0 Å². The van der Waals surface area contributed by atoms with Gasteiger partial charge in [0.05, 0.1) is 12.7 Å². The van der Waals surface area contributed by atoms with Crippen molar-refractivity contribution >= 4 is 5.91 Å². The third kappa shape index (κ3) is 3.24. The Kier molecular flexibility index (Phi) is 4.57. The number of amides is 1. The quantitative estimate of drug-likeness (QED) is 0.732. The van der Waals surface area contributed by atoms with Crippen LogP contribution in [0.2, 0.25) is 0 Å². The number of carbonyl (C=O) groups excluding carboxylic acids is 1. The van der Waals surface area contributed by atoms with E-state index in [1.807, 2.05) is 0 Å². The molecule has 0 aliphatic heterocycles. The van der Waals surface area contributed by atoms with Crippen LogP contribution in [-0.2, 0) is 0 Å². The molecule has 17 heavy (non-hydrogen) atoms. The number of hydrogen-bond acceptors (Lipinski definition) is 3. The molecule has 4 nitrogen and oxygen atoms in total. The maximum atomic E-state index is 11.8. The molecular weight excluding hydrogens is 218 g/mol. The lowest BCUT2D eigenvalue weighted by molar-refractivity contribution is 0.0824. The Bertz CT molecular complexity index is 413. The first-order valence-electron chi connectivity index (χ1n) is 5.23. The van der Waals surface area contributed by atoms with Gasteiger partial charge in [-0.3, -0.25) is 4.79 Å². The van der Waals surface area contributed by atoms with Gasteiger partial charge in [0.25, 0.3) is 5.91 Å². The first kappa shape index (κ1) is 13.1. The zero-order valence-electron chi connectivity index (χ0n) is 10.4. The van der Waals surface area contributed by atoms with E-state index in [1.165, 1.54) is 12.0 Å². The van der Waals surface area contributed by atoms with E-state index in [2.05, 4.69) is 6.58 Å². The van der Waals surface area contributed by atoms with Crippen LogP contribution in [0.1, 0.15) is 10.4 Å². The van der Waals surface area contributed by atoms with Crippen LogP contribution in [0, 0.1) is 0 Å². The van der Waals surface area contributed by atoms with E-state index in [4.69, 9.17) is 9.47 Å². The van der Waals surface area contributed by atoms with E-state index in [-0.39, 0.29) is 5.91 Å². The van der Waals surface area contributed by atoms with Crippen LogP contribution in [0.5, 0.6) is 11.5 Å². The van der Waals surface area contributed by atoms with Crippen LogP contribution in [-0.4, -0.2) is 38.6 Å². The van der Waals surface area contributed by atoms with Gasteiger partial charge >= 0.3 is 0 Å². The van der Waals surface area contributed by atoms with Crippen molar-refractivity contribution < 1.29 is 14.3 Å². The standard InChI is InChI=1S/C13H17NO3/c1-5-8-17-10-6-7-11(12(9-10)16-4)13(15)14(2)3/h5-7,9H,1,8H2,2-4H3. The van der Waals surface area contributed by atoms with Crippen LogP contribution in [0.25, 0.3) is 0 Å². The lowest BCUT2D eigenvalue weighted by Gasteiger charge is -2.14. The molecule has 0 N–H and O–H groups in total. The molecule has 0 radical (unpaired) electrons.